The van der Waals surface area contributed by atoms with Gasteiger partial charge in [0.25, 0.3) is 0 Å². The van der Waals surface area contributed by atoms with Gasteiger partial charge in [-0.2, -0.15) is 0 Å². The Labute approximate surface area is 173 Å². The van der Waals surface area contributed by atoms with Crippen LogP contribution in [-0.4, -0.2) is 23.1 Å². The van der Waals surface area contributed by atoms with E-state index in [0.29, 0.717) is 5.92 Å². The summed E-state index contributed by atoms with van der Waals surface area (Å²) in [7, 11) is 0. The van der Waals surface area contributed by atoms with Crippen molar-refractivity contribution in [3.8, 4) is 11.1 Å². The van der Waals surface area contributed by atoms with Crippen molar-refractivity contribution in [3.05, 3.63) is 52.8 Å². The third-order valence-corrected chi connectivity index (χ3v) is 5.43. The topological polar surface area (TPSA) is 29.0 Å². The Morgan fingerprint density at radius 3 is 2.36 bits per heavy atom. The third kappa shape index (κ3) is 4.30. The zero-order valence-corrected chi connectivity index (χ0v) is 18.3. The number of hydrogen-bond donors (Lipinski definition) is 0. The molecule has 28 heavy (non-hydrogen) atoms. The van der Waals surface area contributed by atoms with E-state index in [2.05, 4.69) is 56.9 Å². The van der Waals surface area contributed by atoms with E-state index in [4.69, 9.17) is 21.6 Å². The highest BCUT2D eigenvalue weighted by Crippen LogP contribution is 2.35. The van der Waals surface area contributed by atoms with E-state index in [-0.39, 0.29) is 0 Å². The van der Waals surface area contributed by atoms with Crippen molar-refractivity contribution >= 4 is 28.3 Å². The van der Waals surface area contributed by atoms with E-state index in [1.165, 1.54) is 5.56 Å². The highest BCUT2D eigenvalue weighted by atomic mass is 35.5. The van der Waals surface area contributed by atoms with E-state index >= 15 is 0 Å². The lowest BCUT2D eigenvalue weighted by Crippen LogP contribution is -2.25. The lowest BCUT2D eigenvalue weighted by molar-refractivity contribution is 0.724. The van der Waals surface area contributed by atoms with Gasteiger partial charge in [-0.05, 0) is 49.4 Å². The molecule has 3 rings (SSSR count). The molecule has 0 N–H and O–H groups in total. The monoisotopic (exact) mass is 395 g/mol. The summed E-state index contributed by atoms with van der Waals surface area (Å²) in [5.41, 5.74) is 4.51. The van der Waals surface area contributed by atoms with Crippen molar-refractivity contribution in [3.63, 3.8) is 0 Å². The molecule has 3 nitrogen and oxygen atoms in total. The molecule has 0 atom stereocenters. The Hall–Kier alpha value is -2.13. The highest BCUT2D eigenvalue weighted by Gasteiger charge is 2.16. The minimum atomic E-state index is 0.512. The largest absolute Gasteiger partial charge is 0.356 e. The summed E-state index contributed by atoms with van der Waals surface area (Å²) < 4.78 is 0. The van der Waals surface area contributed by atoms with Crippen LogP contribution < -0.4 is 4.90 Å². The Morgan fingerprint density at radius 2 is 1.75 bits per heavy atom. The molecule has 4 heteroatoms. The Balaban J connectivity index is 2.19. The van der Waals surface area contributed by atoms with E-state index in [9.17, 15) is 0 Å². The van der Waals surface area contributed by atoms with Crippen molar-refractivity contribution in [2.45, 2.75) is 53.4 Å². The van der Waals surface area contributed by atoms with Gasteiger partial charge in [-0.1, -0.05) is 63.1 Å². The Kier molecular flexibility index (Phi) is 6.56. The number of nitrogens with zero attached hydrogens (tertiary/aromatic N) is 3. The molecule has 0 aliphatic heterocycles. The molecule has 0 amide bonds. The van der Waals surface area contributed by atoms with Gasteiger partial charge in [0.1, 0.15) is 11.6 Å². The standard InChI is InChI=1S/C24H30ClN3/c1-6-8-13-28(7-2)24-22-15-20(25)14-21(23(22)26-17(5)27-24)19-11-9-18(10-12-19)16(3)4/h9-12,14-16H,6-8,13H2,1-5H3. The predicted octanol–water partition coefficient (Wildman–Crippen LogP) is 7.01. The van der Waals surface area contributed by atoms with Gasteiger partial charge >= 0.3 is 0 Å². The van der Waals surface area contributed by atoms with Crippen molar-refractivity contribution in [1.29, 1.82) is 0 Å². The van der Waals surface area contributed by atoms with Gasteiger partial charge in [0, 0.05) is 29.1 Å². The van der Waals surface area contributed by atoms with Gasteiger partial charge in [-0.15, -0.1) is 0 Å². The number of aryl methyl sites for hydroxylation is 1. The van der Waals surface area contributed by atoms with E-state index in [0.717, 1.165) is 64.6 Å². The summed E-state index contributed by atoms with van der Waals surface area (Å²) in [5, 5.41) is 1.75. The number of halogens is 1. The van der Waals surface area contributed by atoms with Gasteiger partial charge in [0.15, 0.2) is 0 Å². The second kappa shape index (κ2) is 8.91. The summed E-state index contributed by atoms with van der Waals surface area (Å²) in [4.78, 5) is 11.9. The first-order valence-corrected chi connectivity index (χ1v) is 10.7. The minimum Gasteiger partial charge on any atom is -0.356 e. The lowest BCUT2D eigenvalue weighted by Gasteiger charge is -2.24. The molecule has 148 valence electrons. The van der Waals surface area contributed by atoms with Crippen LogP contribution in [-0.2, 0) is 0 Å². The number of anilines is 1. The predicted molar refractivity (Wildman–Crippen MR) is 122 cm³/mol. The molecule has 1 heterocycles. The molecule has 0 saturated heterocycles. The summed E-state index contributed by atoms with van der Waals surface area (Å²) >= 11 is 6.55. The minimum absolute atomic E-state index is 0.512. The van der Waals surface area contributed by atoms with Gasteiger partial charge < -0.3 is 4.90 Å². The van der Waals surface area contributed by atoms with Crippen molar-refractivity contribution < 1.29 is 0 Å². The number of rotatable bonds is 7. The normalized spacial score (nSPS) is 11.4. The summed E-state index contributed by atoms with van der Waals surface area (Å²) in [5.74, 6) is 2.29. The number of hydrogen-bond acceptors (Lipinski definition) is 3. The fourth-order valence-electron chi connectivity index (χ4n) is 3.56. The fourth-order valence-corrected chi connectivity index (χ4v) is 3.78. The molecule has 2 aromatic carbocycles. The molecule has 0 radical (unpaired) electrons. The van der Waals surface area contributed by atoms with E-state index in [1.54, 1.807) is 0 Å². The van der Waals surface area contributed by atoms with Crippen LogP contribution in [0.15, 0.2) is 36.4 Å². The lowest BCUT2D eigenvalue weighted by atomic mass is 9.97. The van der Waals surface area contributed by atoms with Crippen LogP contribution in [0.3, 0.4) is 0 Å². The second-order valence-corrected chi connectivity index (χ2v) is 8.09. The molecule has 0 unspecified atom stereocenters. The van der Waals surface area contributed by atoms with E-state index < -0.39 is 0 Å². The first-order chi connectivity index (χ1) is 13.4. The molecule has 0 saturated carbocycles. The highest BCUT2D eigenvalue weighted by molar-refractivity contribution is 6.32. The van der Waals surface area contributed by atoms with Crippen molar-refractivity contribution in [1.82, 2.24) is 9.97 Å². The second-order valence-electron chi connectivity index (χ2n) is 7.65. The maximum absolute atomic E-state index is 6.55. The molecule has 0 bridgehead atoms. The number of aromatic nitrogens is 2. The summed E-state index contributed by atoms with van der Waals surface area (Å²) in [6.07, 6.45) is 2.30. The van der Waals surface area contributed by atoms with Crippen LogP contribution in [0.1, 0.15) is 57.8 Å². The first kappa shape index (κ1) is 20.6. The molecule has 0 spiro atoms. The van der Waals surface area contributed by atoms with Crippen LogP contribution in [0.2, 0.25) is 5.02 Å². The van der Waals surface area contributed by atoms with Gasteiger partial charge in [0.2, 0.25) is 0 Å². The molecule has 0 fully saturated rings. The van der Waals surface area contributed by atoms with Crippen LogP contribution in [0, 0.1) is 6.92 Å². The SMILES string of the molecule is CCCCN(CC)c1nc(C)nc2c(-c3ccc(C(C)C)cc3)cc(Cl)cc12. The average Bonchev–Trinajstić information content (AvgIpc) is 2.68. The van der Waals surface area contributed by atoms with Crippen LogP contribution >= 0.6 is 11.6 Å². The van der Waals surface area contributed by atoms with E-state index in [1.807, 2.05) is 19.1 Å². The molecular formula is C24H30ClN3. The zero-order chi connectivity index (χ0) is 20.3. The number of fused-ring (bicyclic) bond motifs is 1. The summed E-state index contributed by atoms with van der Waals surface area (Å²) in [6.45, 7) is 12.7. The van der Waals surface area contributed by atoms with Gasteiger partial charge in [0.05, 0.1) is 5.52 Å². The molecule has 0 aliphatic carbocycles. The smallest absolute Gasteiger partial charge is 0.140 e. The third-order valence-electron chi connectivity index (χ3n) is 5.21. The number of unbranched alkanes of at least 4 members (excludes halogenated alkanes) is 1. The maximum atomic E-state index is 6.55. The van der Waals surface area contributed by atoms with Gasteiger partial charge in [-0.25, -0.2) is 9.97 Å². The van der Waals surface area contributed by atoms with Gasteiger partial charge in [-0.3, -0.25) is 0 Å². The quantitative estimate of drug-likeness (QED) is 0.430. The van der Waals surface area contributed by atoms with Crippen molar-refractivity contribution in [2.24, 2.45) is 0 Å². The molecule has 0 aliphatic rings. The van der Waals surface area contributed by atoms with Crippen LogP contribution in [0.25, 0.3) is 22.0 Å². The molecule has 3 aromatic rings. The fraction of sp³-hybridized carbons (Fsp3) is 0.417. The van der Waals surface area contributed by atoms with Crippen LogP contribution in [0.4, 0.5) is 5.82 Å². The first-order valence-electron chi connectivity index (χ1n) is 10.3. The summed E-state index contributed by atoms with van der Waals surface area (Å²) in [6, 6.07) is 12.8. The zero-order valence-electron chi connectivity index (χ0n) is 17.6. The molecule has 1 aromatic heterocycles. The maximum Gasteiger partial charge on any atom is 0.140 e. The Morgan fingerprint density at radius 1 is 1.04 bits per heavy atom. The van der Waals surface area contributed by atoms with Crippen LogP contribution in [0.5, 0.6) is 0 Å². The molecular weight excluding hydrogens is 366 g/mol. The number of benzene rings is 2. The average molecular weight is 396 g/mol. The van der Waals surface area contributed by atoms with Crippen molar-refractivity contribution in [2.75, 3.05) is 18.0 Å². The Bertz CT molecular complexity index is 948.